The smallest absolute Gasteiger partial charge is 0.284 e. The molecular formula is C5H12N12O6. The maximum absolute atomic E-state index is 11.6. The van der Waals surface area contributed by atoms with Crippen molar-refractivity contribution >= 4 is 23.7 Å². The van der Waals surface area contributed by atoms with Crippen LogP contribution in [0.3, 0.4) is 0 Å². The predicted octanol–water partition coefficient (Wildman–Crippen LogP) is -5.93. The molecule has 0 fully saturated rings. The van der Waals surface area contributed by atoms with Crippen LogP contribution >= 0.6 is 0 Å². The average Bonchev–Trinajstić information content (AvgIpc) is 2.42. The third-order valence-corrected chi connectivity index (χ3v) is 1.70. The number of nitrogens with one attached hydrogen (secondary N) is 5. The van der Waals surface area contributed by atoms with Crippen LogP contribution in [0.4, 0.5) is 0 Å². The molecule has 11 N–H and O–H groups in total. The van der Waals surface area contributed by atoms with Crippen LogP contribution in [-0.4, -0.2) is 39.8 Å². The van der Waals surface area contributed by atoms with E-state index in [4.69, 9.17) is 17.3 Å². The number of hydrogen-bond acceptors (Lipinski definition) is 8. The second-order valence-electron chi connectivity index (χ2n) is 3.27. The fourth-order valence-electron chi connectivity index (χ4n) is 0.892. The lowest BCUT2D eigenvalue weighted by Gasteiger charge is -2.15. The molecule has 0 spiro atoms. The Balaban J connectivity index is 4.56. The van der Waals surface area contributed by atoms with Crippen LogP contribution < -0.4 is 44.4 Å². The van der Waals surface area contributed by atoms with Gasteiger partial charge >= 0.3 is 0 Å². The fourth-order valence-corrected chi connectivity index (χ4v) is 0.892. The molecule has 0 heterocycles. The number of amides is 2. The molecule has 2 amide bonds. The molecule has 1 unspecified atom stereocenters. The van der Waals surface area contributed by atoms with Crippen LogP contribution in [0.25, 0.3) is 0 Å². The summed E-state index contributed by atoms with van der Waals surface area (Å²) in [5, 5.41) is 22.9. The third kappa shape index (κ3) is 8.16. The molecule has 0 aromatic carbocycles. The molecule has 0 radical (unpaired) electrons. The van der Waals surface area contributed by atoms with Crippen molar-refractivity contribution in [2.24, 2.45) is 27.5 Å². The van der Waals surface area contributed by atoms with Crippen LogP contribution in [0.15, 0.2) is 10.2 Å². The maximum Gasteiger partial charge on any atom is 0.284 e. The first-order valence-corrected chi connectivity index (χ1v) is 5.22. The van der Waals surface area contributed by atoms with E-state index in [0.717, 1.165) is 0 Å². The summed E-state index contributed by atoms with van der Waals surface area (Å²) in [5.41, 5.74) is 19.0. The summed E-state index contributed by atoms with van der Waals surface area (Å²) in [6.07, 6.45) is 0. The van der Waals surface area contributed by atoms with Gasteiger partial charge in [0, 0.05) is 0 Å². The first-order valence-electron chi connectivity index (χ1n) is 5.22. The number of hydrogen-bond donors (Lipinski definition) is 8. The van der Waals surface area contributed by atoms with E-state index in [1.165, 1.54) is 0 Å². The van der Waals surface area contributed by atoms with Crippen molar-refractivity contribution in [1.82, 2.24) is 27.1 Å². The molecule has 0 aliphatic rings. The summed E-state index contributed by atoms with van der Waals surface area (Å²) in [5.74, 6) is 1.17. The van der Waals surface area contributed by atoms with Crippen molar-refractivity contribution in [3.05, 3.63) is 20.2 Å². The number of hydrazone groups is 2. The maximum atomic E-state index is 11.6. The first kappa shape index (κ1) is 19.2. The molecule has 0 aliphatic carbocycles. The number of nitrogens with zero attached hydrogens (tertiary/aromatic N) is 4. The Labute approximate surface area is 125 Å². The van der Waals surface area contributed by atoms with E-state index in [0.29, 0.717) is 0 Å². The quantitative estimate of drug-likeness (QED) is 0.0581. The minimum Gasteiger partial charge on any atom is -0.363 e. The van der Waals surface area contributed by atoms with E-state index >= 15 is 0 Å². The van der Waals surface area contributed by atoms with Crippen molar-refractivity contribution in [2.45, 2.75) is 6.04 Å². The number of carbonyl (C=O) groups is 2. The van der Waals surface area contributed by atoms with Gasteiger partial charge in [0.25, 0.3) is 23.7 Å². The summed E-state index contributed by atoms with van der Waals surface area (Å²) in [4.78, 5) is 43.1. The van der Waals surface area contributed by atoms with Gasteiger partial charge in [-0.25, -0.2) is 25.7 Å². The standard InChI is InChI=1S/C5H12N12O6/c6-4(14-16(20)21)12-10-2(18)1(9-8)3(19)11-13-5(7)15-17(22)23/h1,9H,8H2,(H,10,18)(H,11,19)(H3,6,12,14)(H3,7,13,15). The van der Waals surface area contributed by atoms with E-state index in [9.17, 15) is 29.8 Å². The zero-order valence-electron chi connectivity index (χ0n) is 11.0. The van der Waals surface area contributed by atoms with Crippen LogP contribution in [0.5, 0.6) is 0 Å². The number of nitro groups is 2. The molecule has 0 aliphatic heterocycles. The Morgan fingerprint density at radius 1 is 0.870 bits per heavy atom. The average molecular weight is 336 g/mol. The molecule has 0 aromatic rings. The van der Waals surface area contributed by atoms with Gasteiger partial charge < -0.3 is 11.5 Å². The Morgan fingerprint density at radius 2 is 1.22 bits per heavy atom. The van der Waals surface area contributed by atoms with Gasteiger partial charge in [-0.2, -0.15) is 0 Å². The molecule has 18 nitrogen and oxygen atoms in total. The van der Waals surface area contributed by atoms with Crippen LogP contribution in [0.2, 0.25) is 0 Å². The van der Waals surface area contributed by atoms with Gasteiger partial charge in [-0.15, -0.1) is 0 Å². The number of guanidine groups is 2. The van der Waals surface area contributed by atoms with Crippen molar-refractivity contribution in [3.8, 4) is 0 Å². The highest BCUT2D eigenvalue weighted by Crippen LogP contribution is 1.81. The molecule has 0 rings (SSSR count). The molecule has 0 saturated heterocycles. The molecule has 0 aromatic heterocycles. The highest BCUT2D eigenvalue weighted by atomic mass is 16.7. The largest absolute Gasteiger partial charge is 0.363 e. The zero-order valence-corrected chi connectivity index (χ0v) is 11.0. The van der Waals surface area contributed by atoms with E-state index in [1.807, 2.05) is 10.9 Å². The molecule has 0 bridgehead atoms. The van der Waals surface area contributed by atoms with Gasteiger partial charge in [0.2, 0.25) is 0 Å². The Bertz CT molecular complexity index is 496. The summed E-state index contributed by atoms with van der Waals surface area (Å²) < 4.78 is 0. The lowest BCUT2D eigenvalue weighted by Crippen LogP contribution is -2.62. The molecule has 1 atom stereocenters. The van der Waals surface area contributed by atoms with E-state index in [1.54, 1.807) is 16.3 Å². The molecule has 18 heteroatoms. The minimum atomic E-state index is -1.73. The van der Waals surface area contributed by atoms with Crippen molar-refractivity contribution < 1.29 is 19.7 Å². The topological polar surface area (TPSA) is 283 Å². The monoisotopic (exact) mass is 336 g/mol. The van der Waals surface area contributed by atoms with Crippen molar-refractivity contribution in [3.63, 3.8) is 0 Å². The summed E-state index contributed by atoms with van der Waals surface area (Å²) in [6.45, 7) is 0. The number of nitrogens with two attached hydrogens (primary N) is 3. The van der Waals surface area contributed by atoms with Gasteiger partial charge in [0.15, 0.2) is 16.1 Å². The number of rotatable bonds is 5. The van der Waals surface area contributed by atoms with E-state index < -0.39 is 39.8 Å². The van der Waals surface area contributed by atoms with Gasteiger partial charge in [0.05, 0.1) is 0 Å². The lowest BCUT2D eigenvalue weighted by atomic mass is 10.3. The number of carbonyl (C=O) groups excluding carboxylic acids is 2. The highest BCUT2D eigenvalue weighted by Gasteiger charge is 2.25. The predicted molar refractivity (Wildman–Crippen MR) is 70.9 cm³/mol. The van der Waals surface area contributed by atoms with E-state index in [2.05, 4.69) is 10.2 Å². The van der Waals surface area contributed by atoms with Crippen LogP contribution in [0, 0.1) is 20.2 Å². The number of hydrazine groups is 3. The molecule has 23 heavy (non-hydrogen) atoms. The van der Waals surface area contributed by atoms with E-state index in [-0.39, 0.29) is 0 Å². The Kier molecular flexibility index (Phi) is 7.67. The lowest BCUT2D eigenvalue weighted by molar-refractivity contribution is -0.485. The zero-order chi connectivity index (χ0) is 18.0. The van der Waals surface area contributed by atoms with Gasteiger partial charge in [-0.05, 0) is 0 Å². The summed E-state index contributed by atoms with van der Waals surface area (Å²) in [6, 6.07) is -1.73. The highest BCUT2D eigenvalue weighted by molar-refractivity contribution is 6.05. The van der Waals surface area contributed by atoms with Crippen molar-refractivity contribution in [2.75, 3.05) is 0 Å². The third-order valence-electron chi connectivity index (χ3n) is 1.70. The van der Waals surface area contributed by atoms with Gasteiger partial charge in [-0.1, -0.05) is 0 Å². The van der Waals surface area contributed by atoms with Crippen LogP contribution in [-0.2, 0) is 9.59 Å². The Hall–Kier alpha value is -3.80. The summed E-state index contributed by atoms with van der Waals surface area (Å²) >= 11 is 0. The molecular weight excluding hydrogens is 324 g/mol. The SMILES string of the molecule is NNC(C(=O)NN/C(N)=N\[N+](=O)[O-])C(=O)NN/C(N)=N/[N+](=O)[O-]. The second kappa shape index (κ2) is 9.19. The second-order valence-corrected chi connectivity index (χ2v) is 3.27. The normalized spacial score (nSPS) is 12.7. The molecule has 0 saturated carbocycles. The molecule has 128 valence electrons. The van der Waals surface area contributed by atoms with Crippen LogP contribution in [0.1, 0.15) is 0 Å². The fraction of sp³-hybridized carbons (Fsp3) is 0.200. The Morgan fingerprint density at radius 3 is 1.48 bits per heavy atom. The van der Waals surface area contributed by atoms with Crippen molar-refractivity contribution in [1.29, 1.82) is 0 Å². The van der Waals surface area contributed by atoms with Gasteiger partial charge in [0.1, 0.15) is 10.2 Å². The minimum absolute atomic E-state index is 0.778. The first-order chi connectivity index (χ1) is 10.7. The van der Waals surface area contributed by atoms with Gasteiger partial charge in [-0.3, -0.25) is 37.1 Å². The summed E-state index contributed by atoms with van der Waals surface area (Å²) in [7, 11) is 0.